The Morgan fingerprint density at radius 3 is 2.88 bits per heavy atom. The summed E-state index contributed by atoms with van der Waals surface area (Å²) in [6, 6.07) is 4.91. The minimum atomic E-state index is -0.261. The fourth-order valence-electron chi connectivity index (χ4n) is 1.40. The van der Waals surface area contributed by atoms with Crippen LogP contribution in [-0.4, -0.2) is 16.1 Å². The van der Waals surface area contributed by atoms with Crippen molar-refractivity contribution < 1.29 is 4.79 Å². The molecule has 2 rings (SSSR count). The van der Waals surface area contributed by atoms with Crippen LogP contribution >= 0.6 is 11.6 Å². The first-order valence-corrected chi connectivity index (χ1v) is 5.32. The van der Waals surface area contributed by atoms with Gasteiger partial charge in [0, 0.05) is 11.4 Å². The number of H-pyrrole nitrogens is 1. The summed E-state index contributed by atoms with van der Waals surface area (Å²) in [6.07, 6.45) is 1.47. The van der Waals surface area contributed by atoms with Crippen molar-refractivity contribution >= 4 is 28.9 Å². The third kappa shape index (κ3) is 2.39. The van der Waals surface area contributed by atoms with Gasteiger partial charge in [0.2, 0.25) is 0 Å². The number of halogens is 1. The second kappa shape index (κ2) is 4.47. The van der Waals surface area contributed by atoms with Gasteiger partial charge in [-0.25, -0.2) is 0 Å². The fourth-order valence-corrected chi connectivity index (χ4v) is 1.64. The zero-order valence-corrected chi connectivity index (χ0v) is 9.88. The largest absolute Gasteiger partial charge is 0.399 e. The van der Waals surface area contributed by atoms with Crippen molar-refractivity contribution in [1.29, 1.82) is 0 Å². The molecule has 0 saturated heterocycles. The molecular weight excluding hydrogens is 240 g/mol. The molecule has 0 atom stereocenters. The van der Waals surface area contributed by atoms with Gasteiger partial charge in [-0.1, -0.05) is 11.6 Å². The molecule has 0 fully saturated rings. The molecule has 2 aromatic rings. The van der Waals surface area contributed by atoms with E-state index < -0.39 is 0 Å². The van der Waals surface area contributed by atoms with Crippen LogP contribution in [0.2, 0.25) is 5.02 Å². The lowest BCUT2D eigenvalue weighted by Gasteiger charge is -2.07. The van der Waals surface area contributed by atoms with Crippen LogP contribution in [0.1, 0.15) is 16.1 Å². The quantitative estimate of drug-likeness (QED) is 0.715. The molecule has 17 heavy (non-hydrogen) atoms. The third-order valence-corrected chi connectivity index (χ3v) is 2.63. The number of rotatable bonds is 2. The first-order valence-electron chi connectivity index (χ1n) is 4.94. The van der Waals surface area contributed by atoms with E-state index in [1.807, 2.05) is 0 Å². The number of carbonyl (C=O) groups is 1. The second-order valence-electron chi connectivity index (χ2n) is 3.60. The molecule has 6 heteroatoms. The smallest absolute Gasteiger partial charge is 0.259 e. The number of benzene rings is 1. The van der Waals surface area contributed by atoms with E-state index in [-0.39, 0.29) is 5.91 Å². The Morgan fingerprint density at radius 2 is 2.29 bits per heavy atom. The van der Waals surface area contributed by atoms with Crippen LogP contribution in [0.15, 0.2) is 24.4 Å². The maximum absolute atomic E-state index is 11.9. The number of nitrogens with one attached hydrogen (secondary N) is 2. The number of aryl methyl sites for hydroxylation is 1. The predicted octanol–water partition coefficient (Wildman–Crippen LogP) is 2.21. The summed E-state index contributed by atoms with van der Waals surface area (Å²) in [7, 11) is 0. The fraction of sp³-hybridized carbons (Fsp3) is 0.0909. The SMILES string of the molecule is Cc1[nH]ncc1C(=O)Nc1ccc(N)cc1Cl. The molecule has 0 spiro atoms. The van der Waals surface area contributed by atoms with Crippen LogP contribution in [0.5, 0.6) is 0 Å². The average Bonchev–Trinajstić information content (AvgIpc) is 2.68. The number of nitrogens with zero attached hydrogens (tertiary/aromatic N) is 1. The molecule has 0 saturated carbocycles. The van der Waals surface area contributed by atoms with Gasteiger partial charge in [0.25, 0.3) is 5.91 Å². The Balaban J connectivity index is 2.22. The third-order valence-electron chi connectivity index (χ3n) is 2.32. The maximum atomic E-state index is 11.9. The van der Waals surface area contributed by atoms with Crippen LogP contribution in [0.3, 0.4) is 0 Å². The van der Waals surface area contributed by atoms with Gasteiger partial charge < -0.3 is 11.1 Å². The number of carbonyl (C=O) groups excluding carboxylic acids is 1. The summed E-state index contributed by atoms with van der Waals surface area (Å²) >= 11 is 5.96. The van der Waals surface area contributed by atoms with Crippen molar-refractivity contribution in [1.82, 2.24) is 10.2 Å². The van der Waals surface area contributed by atoms with Crippen molar-refractivity contribution in [3.05, 3.63) is 40.7 Å². The van der Waals surface area contributed by atoms with E-state index in [4.69, 9.17) is 17.3 Å². The van der Waals surface area contributed by atoms with Crippen LogP contribution in [0.25, 0.3) is 0 Å². The van der Waals surface area contributed by atoms with Crippen LogP contribution in [0.4, 0.5) is 11.4 Å². The minimum absolute atomic E-state index is 0.261. The summed E-state index contributed by atoms with van der Waals surface area (Å²) in [5.41, 5.74) is 7.82. The van der Waals surface area contributed by atoms with Gasteiger partial charge in [0.15, 0.2) is 0 Å². The molecule has 0 aliphatic rings. The molecule has 0 aliphatic carbocycles. The second-order valence-corrected chi connectivity index (χ2v) is 4.01. The van der Waals surface area contributed by atoms with E-state index in [2.05, 4.69) is 15.5 Å². The van der Waals surface area contributed by atoms with Crippen molar-refractivity contribution in [3.8, 4) is 0 Å². The highest BCUT2D eigenvalue weighted by Crippen LogP contribution is 2.24. The van der Waals surface area contributed by atoms with E-state index in [9.17, 15) is 4.79 Å². The lowest BCUT2D eigenvalue weighted by Crippen LogP contribution is -2.12. The number of aromatic nitrogens is 2. The highest BCUT2D eigenvalue weighted by Gasteiger charge is 2.12. The number of hydrogen-bond donors (Lipinski definition) is 3. The van der Waals surface area contributed by atoms with E-state index >= 15 is 0 Å². The Bertz CT molecular complexity index is 564. The standard InChI is InChI=1S/C11H11ClN4O/c1-6-8(5-14-16-6)11(17)15-10-3-2-7(13)4-9(10)12/h2-5H,13H2,1H3,(H,14,16)(H,15,17). The minimum Gasteiger partial charge on any atom is -0.399 e. The number of hydrogen-bond acceptors (Lipinski definition) is 3. The zero-order valence-electron chi connectivity index (χ0n) is 9.12. The summed E-state index contributed by atoms with van der Waals surface area (Å²) in [5.74, 6) is -0.261. The highest BCUT2D eigenvalue weighted by atomic mass is 35.5. The Labute approximate surface area is 103 Å². The number of nitrogen functional groups attached to an aromatic ring is 1. The lowest BCUT2D eigenvalue weighted by molar-refractivity contribution is 0.102. The Hall–Kier alpha value is -2.01. The number of amides is 1. The van der Waals surface area contributed by atoms with E-state index in [0.717, 1.165) is 0 Å². The summed E-state index contributed by atoms with van der Waals surface area (Å²) < 4.78 is 0. The number of nitrogens with two attached hydrogens (primary N) is 1. The average molecular weight is 251 g/mol. The topological polar surface area (TPSA) is 83.8 Å². The summed E-state index contributed by atoms with van der Waals surface area (Å²) in [5, 5.41) is 9.57. The molecular formula is C11H11ClN4O. The molecule has 0 radical (unpaired) electrons. The van der Waals surface area contributed by atoms with E-state index in [1.54, 1.807) is 25.1 Å². The zero-order chi connectivity index (χ0) is 12.4. The molecule has 0 bridgehead atoms. The number of anilines is 2. The van der Waals surface area contributed by atoms with Gasteiger partial charge in [0.1, 0.15) is 0 Å². The first kappa shape index (κ1) is 11.5. The van der Waals surface area contributed by atoms with Crippen molar-refractivity contribution in [3.63, 3.8) is 0 Å². The molecule has 0 aliphatic heterocycles. The van der Waals surface area contributed by atoms with Crippen LogP contribution in [0, 0.1) is 6.92 Å². The number of aromatic amines is 1. The van der Waals surface area contributed by atoms with Gasteiger partial charge in [0.05, 0.1) is 22.5 Å². The molecule has 1 heterocycles. The molecule has 1 aromatic carbocycles. The molecule has 1 amide bonds. The monoisotopic (exact) mass is 250 g/mol. The molecule has 5 nitrogen and oxygen atoms in total. The molecule has 4 N–H and O–H groups in total. The van der Waals surface area contributed by atoms with Gasteiger partial charge >= 0.3 is 0 Å². The Morgan fingerprint density at radius 1 is 1.53 bits per heavy atom. The maximum Gasteiger partial charge on any atom is 0.259 e. The Kier molecular flexibility index (Phi) is 3.01. The normalized spacial score (nSPS) is 10.2. The van der Waals surface area contributed by atoms with E-state index in [1.165, 1.54) is 6.20 Å². The van der Waals surface area contributed by atoms with E-state index in [0.29, 0.717) is 27.7 Å². The summed E-state index contributed by atoms with van der Waals surface area (Å²) in [4.78, 5) is 11.9. The van der Waals surface area contributed by atoms with Crippen molar-refractivity contribution in [2.24, 2.45) is 0 Å². The van der Waals surface area contributed by atoms with Crippen LogP contribution in [-0.2, 0) is 0 Å². The van der Waals surface area contributed by atoms with Gasteiger partial charge in [-0.2, -0.15) is 5.10 Å². The highest BCUT2D eigenvalue weighted by molar-refractivity contribution is 6.34. The molecule has 0 unspecified atom stereocenters. The van der Waals surface area contributed by atoms with Crippen molar-refractivity contribution in [2.45, 2.75) is 6.92 Å². The van der Waals surface area contributed by atoms with Crippen molar-refractivity contribution in [2.75, 3.05) is 11.1 Å². The van der Waals surface area contributed by atoms with Crippen LogP contribution < -0.4 is 11.1 Å². The van der Waals surface area contributed by atoms with Gasteiger partial charge in [-0.05, 0) is 25.1 Å². The van der Waals surface area contributed by atoms with Gasteiger partial charge in [-0.15, -0.1) is 0 Å². The predicted molar refractivity (Wildman–Crippen MR) is 67.1 cm³/mol. The molecule has 1 aromatic heterocycles. The molecule has 88 valence electrons. The summed E-state index contributed by atoms with van der Waals surface area (Å²) in [6.45, 7) is 1.77. The lowest BCUT2D eigenvalue weighted by atomic mass is 10.2. The van der Waals surface area contributed by atoms with Gasteiger partial charge in [-0.3, -0.25) is 9.89 Å². The first-order chi connectivity index (χ1) is 8.08.